The third kappa shape index (κ3) is 6.56. The minimum atomic E-state index is -1.03. The Kier molecular flexibility index (Phi) is 6.94. The Labute approximate surface area is 123 Å². The van der Waals surface area contributed by atoms with Crippen LogP contribution in [0.25, 0.3) is 0 Å². The van der Waals surface area contributed by atoms with E-state index in [2.05, 4.69) is 5.32 Å². The molecule has 3 N–H and O–H groups in total. The molecule has 0 aliphatic heterocycles. The first-order valence-electron chi connectivity index (χ1n) is 6.81. The van der Waals surface area contributed by atoms with Crippen LogP contribution in [0.2, 0.25) is 0 Å². The molecular formula is C15H20N2O4. The molecule has 0 bridgehead atoms. The summed E-state index contributed by atoms with van der Waals surface area (Å²) >= 11 is 0. The van der Waals surface area contributed by atoms with Crippen LogP contribution < -0.4 is 11.1 Å². The zero-order valence-corrected chi connectivity index (χ0v) is 12.0. The molecule has 0 fully saturated rings. The van der Waals surface area contributed by atoms with Gasteiger partial charge in [0.1, 0.15) is 6.04 Å². The van der Waals surface area contributed by atoms with E-state index in [9.17, 15) is 14.4 Å². The van der Waals surface area contributed by atoms with Crippen LogP contribution in [-0.4, -0.2) is 30.4 Å². The minimum absolute atomic E-state index is 0.215. The molecule has 1 atom stereocenters. The van der Waals surface area contributed by atoms with Crippen LogP contribution >= 0.6 is 0 Å². The van der Waals surface area contributed by atoms with Gasteiger partial charge in [0.2, 0.25) is 11.8 Å². The van der Waals surface area contributed by atoms with Gasteiger partial charge in [-0.2, -0.15) is 0 Å². The molecule has 6 nitrogen and oxygen atoms in total. The maximum Gasteiger partial charge on any atom is 0.308 e. The highest BCUT2D eigenvalue weighted by Gasteiger charge is 2.22. The Morgan fingerprint density at radius 2 is 1.90 bits per heavy atom. The molecule has 1 aromatic carbocycles. The van der Waals surface area contributed by atoms with Crippen molar-refractivity contribution in [2.45, 2.75) is 32.2 Å². The molecule has 0 saturated heterocycles. The summed E-state index contributed by atoms with van der Waals surface area (Å²) in [6, 6.07) is 8.47. The molecule has 0 aromatic heterocycles. The number of benzene rings is 1. The number of amides is 2. The smallest absolute Gasteiger partial charge is 0.308 e. The molecule has 0 aliphatic carbocycles. The average Bonchev–Trinajstić information content (AvgIpc) is 2.45. The Morgan fingerprint density at radius 3 is 2.48 bits per heavy atom. The minimum Gasteiger partial charge on any atom is -0.466 e. The van der Waals surface area contributed by atoms with E-state index in [-0.39, 0.29) is 25.4 Å². The monoisotopic (exact) mass is 292 g/mol. The van der Waals surface area contributed by atoms with Gasteiger partial charge < -0.3 is 15.8 Å². The summed E-state index contributed by atoms with van der Waals surface area (Å²) in [6.45, 7) is 1.88. The highest BCUT2D eigenvalue weighted by Crippen LogP contribution is 2.03. The third-order valence-corrected chi connectivity index (χ3v) is 2.84. The number of hydrogen-bond donors (Lipinski definition) is 2. The SMILES string of the molecule is CCOC(=O)C[C@@H](NC(=O)CCc1ccccc1)C(N)=O. The van der Waals surface area contributed by atoms with Crippen LogP contribution in [-0.2, 0) is 25.5 Å². The Morgan fingerprint density at radius 1 is 1.24 bits per heavy atom. The first-order valence-corrected chi connectivity index (χ1v) is 6.81. The lowest BCUT2D eigenvalue weighted by molar-refractivity contribution is -0.145. The third-order valence-electron chi connectivity index (χ3n) is 2.84. The second kappa shape index (κ2) is 8.73. The van der Waals surface area contributed by atoms with Crippen LogP contribution in [0.5, 0.6) is 0 Å². The molecule has 1 aromatic rings. The number of nitrogens with one attached hydrogen (secondary N) is 1. The molecule has 0 saturated carbocycles. The van der Waals surface area contributed by atoms with Gasteiger partial charge >= 0.3 is 5.97 Å². The molecule has 0 spiro atoms. The van der Waals surface area contributed by atoms with Crippen molar-refractivity contribution in [3.8, 4) is 0 Å². The highest BCUT2D eigenvalue weighted by atomic mass is 16.5. The quantitative estimate of drug-likeness (QED) is 0.683. The van der Waals surface area contributed by atoms with Crippen molar-refractivity contribution in [3.05, 3.63) is 35.9 Å². The highest BCUT2D eigenvalue weighted by molar-refractivity contribution is 5.90. The predicted octanol–water partition coefficient (Wildman–Crippen LogP) is 0.542. The van der Waals surface area contributed by atoms with E-state index < -0.39 is 17.9 Å². The van der Waals surface area contributed by atoms with E-state index >= 15 is 0 Å². The molecule has 0 unspecified atom stereocenters. The lowest BCUT2D eigenvalue weighted by Gasteiger charge is -2.14. The lowest BCUT2D eigenvalue weighted by atomic mass is 10.1. The average molecular weight is 292 g/mol. The molecular weight excluding hydrogens is 272 g/mol. The van der Waals surface area contributed by atoms with Crippen LogP contribution in [0.15, 0.2) is 30.3 Å². The van der Waals surface area contributed by atoms with Gasteiger partial charge in [-0.1, -0.05) is 30.3 Å². The first-order chi connectivity index (χ1) is 10.0. The van der Waals surface area contributed by atoms with Crippen molar-refractivity contribution in [2.24, 2.45) is 5.73 Å². The number of nitrogens with two attached hydrogens (primary N) is 1. The van der Waals surface area contributed by atoms with E-state index in [0.29, 0.717) is 6.42 Å². The van der Waals surface area contributed by atoms with Gasteiger partial charge in [0.05, 0.1) is 13.0 Å². The number of primary amides is 1. The van der Waals surface area contributed by atoms with Gasteiger partial charge in [0, 0.05) is 6.42 Å². The van der Waals surface area contributed by atoms with Crippen molar-refractivity contribution < 1.29 is 19.1 Å². The van der Waals surface area contributed by atoms with Crippen molar-refractivity contribution in [1.29, 1.82) is 0 Å². The van der Waals surface area contributed by atoms with Crippen molar-refractivity contribution >= 4 is 17.8 Å². The largest absolute Gasteiger partial charge is 0.466 e. The summed E-state index contributed by atoms with van der Waals surface area (Å²) in [5, 5.41) is 2.46. The van der Waals surface area contributed by atoms with Crippen molar-refractivity contribution in [2.75, 3.05) is 6.61 Å². The molecule has 2 amide bonds. The zero-order chi connectivity index (χ0) is 15.7. The van der Waals surface area contributed by atoms with Gasteiger partial charge in [0.15, 0.2) is 0 Å². The summed E-state index contributed by atoms with van der Waals surface area (Å²) in [6.07, 6.45) is 0.522. The van der Waals surface area contributed by atoms with Crippen LogP contribution in [0.4, 0.5) is 0 Å². The van der Waals surface area contributed by atoms with Crippen molar-refractivity contribution in [1.82, 2.24) is 5.32 Å². The summed E-state index contributed by atoms with van der Waals surface area (Å²) in [4.78, 5) is 34.4. The number of ether oxygens (including phenoxy) is 1. The summed E-state index contributed by atoms with van der Waals surface area (Å²) in [5.74, 6) is -1.65. The van der Waals surface area contributed by atoms with E-state index in [4.69, 9.17) is 10.5 Å². The second-order valence-electron chi connectivity index (χ2n) is 4.52. The standard InChI is InChI=1S/C15H20N2O4/c1-2-21-14(19)10-12(15(16)20)17-13(18)9-8-11-6-4-3-5-7-11/h3-7,12H,2,8-10H2,1H3,(H2,16,20)(H,17,18)/t12-/m1/s1. The topological polar surface area (TPSA) is 98.5 Å². The number of hydrogen-bond acceptors (Lipinski definition) is 4. The second-order valence-corrected chi connectivity index (χ2v) is 4.52. The summed E-state index contributed by atoms with van der Waals surface area (Å²) in [5.41, 5.74) is 6.20. The van der Waals surface area contributed by atoms with Crippen molar-refractivity contribution in [3.63, 3.8) is 0 Å². The van der Waals surface area contributed by atoms with E-state index in [0.717, 1.165) is 5.56 Å². The Hall–Kier alpha value is -2.37. The Balaban J connectivity index is 2.45. The molecule has 6 heteroatoms. The number of carbonyl (C=O) groups excluding carboxylic acids is 3. The zero-order valence-electron chi connectivity index (χ0n) is 12.0. The lowest BCUT2D eigenvalue weighted by Crippen LogP contribution is -2.46. The van der Waals surface area contributed by atoms with Gasteiger partial charge in [-0.25, -0.2) is 0 Å². The van der Waals surface area contributed by atoms with E-state index in [1.54, 1.807) is 6.92 Å². The molecule has 0 heterocycles. The number of aryl methyl sites for hydroxylation is 1. The van der Waals surface area contributed by atoms with E-state index in [1.165, 1.54) is 0 Å². The fourth-order valence-corrected chi connectivity index (χ4v) is 1.78. The first kappa shape index (κ1) is 16.7. The number of carbonyl (C=O) groups is 3. The fraction of sp³-hybridized carbons (Fsp3) is 0.400. The van der Waals surface area contributed by atoms with Gasteiger partial charge in [0.25, 0.3) is 0 Å². The maximum atomic E-state index is 11.8. The summed E-state index contributed by atoms with van der Waals surface area (Å²) < 4.78 is 4.74. The van der Waals surface area contributed by atoms with Gasteiger partial charge in [-0.15, -0.1) is 0 Å². The predicted molar refractivity (Wildman–Crippen MR) is 77.1 cm³/mol. The normalized spacial score (nSPS) is 11.5. The van der Waals surface area contributed by atoms with Gasteiger partial charge in [-0.05, 0) is 18.9 Å². The van der Waals surface area contributed by atoms with Crippen LogP contribution in [0, 0.1) is 0 Å². The van der Waals surface area contributed by atoms with Crippen LogP contribution in [0.1, 0.15) is 25.3 Å². The van der Waals surface area contributed by atoms with Crippen LogP contribution in [0.3, 0.4) is 0 Å². The Bertz CT molecular complexity index is 488. The van der Waals surface area contributed by atoms with E-state index in [1.807, 2.05) is 30.3 Å². The maximum absolute atomic E-state index is 11.8. The van der Waals surface area contributed by atoms with Gasteiger partial charge in [-0.3, -0.25) is 14.4 Å². The number of esters is 1. The fourth-order valence-electron chi connectivity index (χ4n) is 1.78. The molecule has 0 radical (unpaired) electrons. The molecule has 0 aliphatic rings. The number of rotatable bonds is 8. The molecule has 21 heavy (non-hydrogen) atoms. The molecule has 1 rings (SSSR count). The summed E-state index contributed by atoms with van der Waals surface area (Å²) in [7, 11) is 0. The molecule has 114 valence electrons.